The second kappa shape index (κ2) is 11.1. The van der Waals surface area contributed by atoms with Crippen LogP contribution in [-0.4, -0.2) is 30.3 Å². The van der Waals surface area contributed by atoms with Crippen LogP contribution in [0.25, 0.3) is 10.4 Å². The van der Waals surface area contributed by atoms with E-state index in [0.29, 0.717) is 25.0 Å². The second-order valence-electron chi connectivity index (χ2n) is 17.3. The minimum Gasteiger partial charge on any atom is -0.465 e. The van der Waals surface area contributed by atoms with Crippen LogP contribution < -0.4 is 0 Å². The van der Waals surface area contributed by atoms with Crippen LogP contribution in [0.4, 0.5) is 0 Å². The molecule has 0 bridgehead atoms. The Hall–Kier alpha value is -1.52. The fourth-order valence-electron chi connectivity index (χ4n) is 11.6. The monoisotopic (exact) mass is 581 g/mol. The maximum atomic E-state index is 14.1. The van der Waals surface area contributed by atoms with Crippen LogP contribution in [0, 0.1) is 50.2 Å². The number of hydrogen-bond acceptors (Lipinski definition) is 4. The zero-order valence-electron chi connectivity index (χ0n) is 27.8. The molecule has 5 aliphatic rings. The van der Waals surface area contributed by atoms with E-state index in [9.17, 15) is 9.90 Å². The first kappa shape index (κ1) is 31.9. The first-order valence-electron chi connectivity index (χ1n) is 17.2. The third-order valence-corrected chi connectivity index (χ3v) is 14.5. The first-order valence-corrected chi connectivity index (χ1v) is 17.2. The van der Waals surface area contributed by atoms with Crippen molar-refractivity contribution in [2.75, 3.05) is 13.2 Å². The summed E-state index contributed by atoms with van der Waals surface area (Å²) in [6.45, 7) is 18.3. The van der Waals surface area contributed by atoms with Crippen LogP contribution >= 0.6 is 0 Å². The molecule has 0 heterocycles. The molecule has 0 radical (unpaired) electrons. The van der Waals surface area contributed by atoms with Crippen molar-refractivity contribution in [1.29, 1.82) is 0 Å². The number of allylic oxidation sites excluding steroid dienone is 2. The maximum absolute atomic E-state index is 14.1. The summed E-state index contributed by atoms with van der Waals surface area (Å²) in [5.41, 5.74) is 10.4. The number of carbonyl (C=O) groups is 1. The van der Waals surface area contributed by atoms with Crippen LogP contribution in [0.1, 0.15) is 138 Å². The summed E-state index contributed by atoms with van der Waals surface area (Å²) in [5, 5.41) is 14.6. The van der Waals surface area contributed by atoms with Gasteiger partial charge in [-0.2, -0.15) is 0 Å². The first-order chi connectivity index (χ1) is 19.7. The van der Waals surface area contributed by atoms with Gasteiger partial charge in [-0.25, -0.2) is 0 Å². The van der Waals surface area contributed by atoms with Gasteiger partial charge < -0.3 is 9.84 Å². The highest BCUT2D eigenvalue weighted by molar-refractivity contribution is 5.78. The fraction of sp³-hybridized carbons (Fsp3) is 0.917. The van der Waals surface area contributed by atoms with Crippen molar-refractivity contribution in [3.63, 3.8) is 0 Å². The Kier molecular flexibility index (Phi) is 8.45. The minimum atomic E-state index is -0.385. The lowest BCUT2D eigenvalue weighted by Crippen LogP contribution is -2.65. The molecule has 0 amide bonds. The van der Waals surface area contributed by atoms with Gasteiger partial charge in [-0.3, -0.25) is 4.79 Å². The summed E-state index contributed by atoms with van der Waals surface area (Å²) in [7, 11) is 0. The van der Waals surface area contributed by atoms with E-state index in [4.69, 9.17) is 10.3 Å². The number of aliphatic hydroxyl groups is 1. The second-order valence-corrected chi connectivity index (χ2v) is 17.3. The highest BCUT2D eigenvalue weighted by atomic mass is 16.5. The fourth-order valence-corrected chi connectivity index (χ4v) is 11.6. The summed E-state index contributed by atoms with van der Waals surface area (Å²) in [5.74, 6) is 1.49. The van der Waals surface area contributed by atoms with Crippen molar-refractivity contribution < 1.29 is 14.6 Å². The topological polar surface area (TPSA) is 95.3 Å². The molecule has 5 aliphatic carbocycles. The molecule has 6 heteroatoms. The molecule has 5 rings (SSSR count). The number of unbranched alkanes of at least 4 members (excludes halogenated alkanes) is 3. The minimum absolute atomic E-state index is 0.0390. The number of carbonyl (C=O) groups excluding carboxylic acids is 1. The smallest absolute Gasteiger partial charge is 0.312 e. The molecule has 0 spiro atoms. The van der Waals surface area contributed by atoms with Gasteiger partial charge in [-0.05, 0) is 127 Å². The Bertz CT molecular complexity index is 1120. The molecule has 0 aromatic rings. The van der Waals surface area contributed by atoms with E-state index in [2.05, 4.69) is 64.6 Å². The Morgan fingerprint density at radius 1 is 0.952 bits per heavy atom. The summed E-state index contributed by atoms with van der Waals surface area (Å²) >= 11 is 0. The Balaban J connectivity index is 1.39. The highest BCUT2D eigenvalue weighted by Gasteiger charge is 2.69. The Morgan fingerprint density at radius 3 is 2.40 bits per heavy atom. The number of aliphatic hydroxyl groups excluding tert-OH is 1. The highest BCUT2D eigenvalue weighted by Crippen LogP contribution is 2.75. The quantitative estimate of drug-likeness (QED) is 0.0772. The van der Waals surface area contributed by atoms with Gasteiger partial charge in [0, 0.05) is 11.5 Å². The molecular weight excluding hydrogens is 522 g/mol. The molecular formula is C36H59N3O3. The molecule has 8 atom stereocenters. The van der Waals surface area contributed by atoms with E-state index in [0.717, 1.165) is 77.0 Å². The SMILES string of the molecule is CC1(C)CC[C@]2(C(=O)OCCCCCCN=[N+]=[N-])CC[C@]3(C)C(=CCC4[C@@]5(C)CC[C@H](O)C(C)(C)C5CC[C@]43C)[C@@H]2C1. The van der Waals surface area contributed by atoms with Gasteiger partial charge >= 0.3 is 5.97 Å². The average molecular weight is 582 g/mol. The van der Waals surface area contributed by atoms with Gasteiger partial charge in [0.1, 0.15) is 0 Å². The number of esters is 1. The van der Waals surface area contributed by atoms with Gasteiger partial charge in [0.15, 0.2) is 0 Å². The van der Waals surface area contributed by atoms with Crippen molar-refractivity contribution in [2.45, 2.75) is 144 Å². The van der Waals surface area contributed by atoms with Crippen molar-refractivity contribution in [3.05, 3.63) is 22.1 Å². The molecule has 0 aromatic carbocycles. The molecule has 0 aliphatic heterocycles. The van der Waals surface area contributed by atoms with Crippen LogP contribution in [0.2, 0.25) is 0 Å². The van der Waals surface area contributed by atoms with Crippen molar-refractivity contribution >= 4 is 5.97 Å². The van der Waals surface area contributed by atoms with E-state index in [1.54, 1.807) is 5.57 Å². The lowest BCUT2D eigenvalue weighted by Gasteiger charge is -2.71. The zero-order chi connectivity index (χ0) is 30.6. The van der Waals surface area contributed by atoms with Gasteiger partial charge in [0.2, 0.25) is 0 Å². The van der Waals surface area contributed by atoms with Gasteiger partial charge in [0.25, 0.3) is 0 Å². The van der Waals surface area contributed by atoms with Gasteiger partial charge in [0.05, 0.1) is 18.1 Å². The summed E-state index contributed by atoms with van der Waals surface area (Å²) in [4.78, 5) is 16.9. The predicted molar refractivity (Wildman–Crippen MR) is 168 cm³/mol. The number of rotatable bonds is 8. The zero-order valence-corrected chi connectivity index (χ0v) is 27.8. The lowest BCUT2D eigenvalue weighted by atomic mass is 9.33. The summed E-state index contributed by atoms with van der Waals surface area (Å²) in [6.07, 6.45) is 16.9. The average Bonchev–Trinajstić information content (AvgIpc) is 2.92. The molecule has 236 valence electrons. The van der Waals surface area contributed by atoms with E-state index < -0.39 is 0 Å². The lowest BCUT2D eigenvalue weighted by molar-refractivity contribution is -0.206. The van der Waals surface area contributed by atoms with Crippen molar-refractivity contribution in [2.24, 2.45) is 55.4 Å². The Labute approximate surface area is 255 Å². The van der Waals surface area contributed by atoms with Crippen LogP contribution in [-0.2, 0) is 9.53 Å². The number of nitrogens with zero attached hydrogens (tertiary/aromatic N) is 3. The number of hydrogen-bond donors (Lipinski definition) is 1. The predicted octanol–water partition coefficient (Wildman–Crippen LogP) is 9.56. The van der Waals surface area contributed by atoms with Gasteiger partial charge in [-0.15, -0.1) is 0 Å². The largest absolute Gasteiger partial charge is 0.465 e. The molecule has 6 nitrogen and oxygen atoms in total. The molecule has 4 saturated carbocycles. The number of fused-ring (bicyclic) bond motifs is 7. The van der Waals surface area contributed by atoms with Crippen molar-refractivity contribution in [1.82, 2.24) is 0 Å². The van der Waals surface area contributed by atoms with E-state index in [-0.39, 0.29) is 50.5 Å². The number of azide groups is 1. The van der Waals surface area contributed by atoms with Crippen LogP contribution in [0.5, 0.6) is 0 Å². The molecule has 1 N–H and O–H groups in total. The van der Waals surface area contributed by atoms with Crippen molar-refractivity contribution in [3.8, 4) is 0 Å². The number of ether oxygens (including phenoxy) is 1. The van der Waals surface area contributed by atoms with E-state index in [1.165, 1.54) is 12.8 Å². The Morgan fingerprint density at radius 2 is 1.67 bits per heavy atom. The van der Waals surface area contributed by atoms with E-state index in [1.807, 2.05) is 0 Å². The molecule has 42 heavy (non-hydrogen) atoms. The van der Waals surface area contributed by atoms with Gasteiger partial charge in [-0.1, -0.05) is 78.1 Å². The summed E-state index contributed by atoms with van der Waals surface area (Å²) in [6, 6.07) is 0. The van der Waals surface area contributed by atoms with E-state index >= 15 is 0 Å². The molecule has 2 unspecified atom stereocenters. The molecule has 0 aromatic heterocycles. The molecule has 4 fully saturated rings. The maximum Gasteiger partial charge on any atom is 0.312 e. The third kappa shape index (κ3) is 4.86. The normalized spacial score (nSPS) is 43.4. The summed E-state index contributed by atoms with van der Waals surface area (Å²) < 4.78 is 6.13. The molecule has 0 saturated heterocycles. The third-order valence-electron chi connectivity index (χ3n) is 14.5. The van der Waals surface area contributed by atoms with Crippen LogP contribution in [0.15, 0.2) is 16.8 Å². The van der Waals surface area contributed by atoms with Crippen LogP contribution in [0.3, 0.4) is 0 Å². The standard InChI is InChI=1S/C36H59N3O3/c1-31(2)18-20-36(30(41)42-23-11-9-8-10-22-38-39-37)21-19-34(6)25(26(36)24-31)12-13-28-33(5)16-15-29(40)32(3,4)27(33)14-17-35(28,34)7/h12,26-29,40H,8-11,13-24H2,1-7H3/t26-,27?,28?,29-,33-,34+,35+,36-/m0/s1.